The Kier molecular flexibility index (Phi) is 6.62. The number of benzene rings is 2. The molecule has 0 aliphatic rings. The molecule has 3 rings (SSSR count). The van der Waals surface area contributed by atoms with Crippen molar-refractivity contribution in [1.82, 2.24) is 9.71 Å². The maximum absolute atomic E-state index is 12.6. The number of nitrogens with one attached hydrogen (secondary N) is 1. The number of nitrogens with zero attached hydrogens (tertiary/aromatic N) is 1. The third-order valence-corrected chi connectivity index (χ3v) is 7.06. The molecular formula is C22H24N2O3S2. The van der Waals surface area contributed by atoms with E-state index in [1.165, 1.54) is 11.6 Å². The maximum Gasteiger partial charge on any atom is 0.336 e. The van der Waals surface area contributed by atoms with Gasteiger partial charge in [0.1, 0.15) is 16.0 Å². The monoisotopic (exact) mass is 428 g/mol. The van der Waals surface area contributed by atoms with Crippen molar-refractivity contribution in [2.45, 2.75) is 39.0 Å². The van der Waals surface area contributed by atoms with Crippen LogP contribution in [0.1, 0.15) is 37.6 Å². The first-order valence-corrected chi connectivity index (χ1v) is 11.3. The lowest BCUT2D eigenvalue weighted by Gasteiger charge is -2.10. The van der Waals surface area contributed by atoms with Gasteiger partial charge in [-0.2, -0.15) is 0 Å². The first-order chi connectivity index (χ1) is 13.8. The van der Waals surface area contributed by atoms with Gasteiger partial charge in [-0.3, -0.25) is 0 Å². The van der Waals surface area contributed by atoms with Gasteiger partial charge in [0.25, 0.3) is 0 Å². The van der Waals surface area contributed by atoms with E-state index >= 15 is 0 Å². The number of aromatic nitrogens is 1. The number of carboxylic acid groups (broad SMARTS) is 1. The van der Waals surface area contributed by atoms with Crippen molar-refractivity contribution < 1.29 is 14.1 Å². The van der Waals surface area contributed by atoms with Gasteiger partial charge in [-0.15, -0.1) is 11.3 Å². The Morgan fingerprint density at radius 1 is 1.14 bits per heavy atom. The minimum atomic E-state index is -1.48. The Bertz CT molecular complexity index is 1070. The number of aryl methyl sites for hydroxylation is 3. The third kappa shape index (κ3) is 4.98. The number of carboxylic acids is 1. The normalized spacial score (nSPS) is 12.1. The molecular weight excluding hydrogens is 404 g/mol. The second-order valence-corrected chi connectivity index (χ2v) is 9.52. The number of carbonyl (C=O) groups is 1. The standard InChI is InChI=1S/C22H24N2O3S2/c1-13-5-7-17(8-6-13)21-24-20(16(4)28-21)9-10-23-29(27)18-11-14(2)15(3)19(12-18)22(25)26/h5-8,11-12,23H,9-10H2,1-4H3,(H,25,26). The molecule has 0 amide bonds. The summed E-state index contributed by atoms with van der Waals surface area (Å²) < 4.78 is 15.6. The topological polar surface area (TPSA) is 79.3 Å². The molecule has 2 N–H and O–H groups in total. The molecule has 1 atom stereocenters. The lowest BCUT2D eigenvalue weighted by atomic mass is 10.0. The fourth-order valence-electron chi connectivity index (χ4n) is 2.98. The van der Waals surface area contributed by atoms with E-state index in [2.05, 4.69) is 35.9 Å². The minimum absolute atomic E-state index is 0.188. The Labute approximate surface area is 177 Å². The predicted molar refractivity (Wildman–Crippen MR) is 118 cm³/mol. The molecule has 0 aliphatic heterocycles. The molecule has 5 nitrogen and oxygen atoms in total. The molecule has 1 heterocycles. The Balaban J connectivity index is 1.67. The molecule has 0 saturated carbocycles. The van der Waals surface area contributed by atoms with Gasteiger partial charge in [-0.1, -0.05) is 29.8 Å². The third-order valence-electron chi connectivity index (χ3n) is 4.87. The van der Waals surface area contributed by atoms with E-state index in [0.29, 0.717) is 23.4 Å². The first kappa shape index (κ1) is 21.4. The van der Waals surface area contributed by atoms with Crippen LogP contribution in [0.15, 0.2) is 41.3 Å². The van der Waals surface area contributed by atoms with Crippen LogP contribution in [0.5, 0.6) is 0 Å². The van der Waals surface area contributed by atoms with E-state index in [-0.39, 0.29) is 5.56 Å². The Hall–Kier alpha value is -2.35. The van der Waals surface area contributed by atoms with Crippen LogP contribution in [0.2, 0.25) is 0 Å². The smallest absolute Gasteiger partial charge is 0.336 e. The van der Waals surface area contributed by atoms with E-state index in [9.17, 15) is 14.1 Å². The number of hydrogen-bond acceptors (Lipinski definition) is 4. The average molecular weight is 429 g/mol. The second-order valence-electron chi connectivity index (χ2n) is 7.02. The van der Waals surface area contributed by atoms with Crippen LogP contribution in [-0.2, 0) is 17.4 Å². The number of aromatic carboxylic acids is 1. The highest BCUT2D eigenvalue weighted by molar-refractivity contribution is 7.83. The van der Waals surface area contributed by atoms with E-state index < -0.39 is 17.0 Å². The first-order valence-electron chi connectivity index (χ1n) is 9.29. The van der Waals surface area contributed by atoms with Gasteiger partial charge in [0.2, 0.25) is 0 Å². The summed E-state index contributed by atoms with van der Waals surface area (Å²) in [5.74, 6) is -1.01. The summed E-state index contributed by atoms with van der Waals surface area (Å²) in [4.78, 5) is 17.8. The van der Waals surface area contributed by atoms with Gasteiger partial charge in [-0.05, 0) is 51.0 Å². The summed E-state index contributed by atoms with van der Waals surface area (Å²) in [5.41, 5.74) is 5.00. The van der Waals surface area contributed by atoms with Crippen molar-refractivity contribution in [2.24, 2.45) is 0 Å². The minimum Gasteiger partial charge on any atom is -0.478 e. The highest BCUT2D eigenvalue weighted by Crippen LogP contribution is 2.28. The number of rotatable bonds is 7. The summed E-state index contributed by atoms with van der Waals surface area (Å²) in [5, 5.41) is 10.3. The zero-order valence-corrected chi connectivity index (χ0v) is 18.5. The summed E-state index contributed by atoms with van der Waals surface area (Å²) >= 11 is 1.66. The van der Waals surface area contributed by atoms with E-state index in [4.69, 9.17) is 4.98 Å². The van der Waals surface area contributed by atoms with Crippen molar-refractivity contribution in [3.63, 3.8) is 0 Å². The molecule has 0 aliphatic carbocycles. The van der Waals surface area contributed by atoms with Crippen LogP contribution in [0.3, 0.4) is 0 Å². The SMILES string of the molecule is Cc1ccc(-c2nc(CCNS(=O)c3cc(C)c(C)c(C(=O)O)c3)c(C)s2)cc1. The summed E-state index contributed by atoms with van der Waals surface area (Å²) in [7, 11) is -1.48. The van der Waals surface area contributed by atoms with E-state index in [1.807, 2.05) is 13.8 Å². The van der Waals surface area contributed by atoms with Gasteiger partial charge in [0, 0.05) is 23.4 Å². The van der Waals surface area contributed by atoms with Gasteiger partial charge in [0.05, 0.1) is 16.2 Å². The van der Waals surface area contributed by atoms with E-state index in [0.717, 1.165) is 26.7 Å². The Morgan fingerprint density at radius 2 is 1.83 bits per heavy atom. The van der Waals surface area contributed by atoms with Crippen molar-refractivity contribution in [1.29, 1.82) is 0 Å². The molecule has 0 bridgehead atoms. The maximum atomic E-state index is 12.6. The molecule has 0 saturated heterocycles. The fraction of sp³-hybridized carbons (Fsp3) is 0.273. The fourth-order valence-corrected chi connectivity index (χ4v) is 4.91. The van der Waals surface area contributed by atoms with Crippen LogP contribution in [0, 0.1) is 27.7 Å². The van der Waals surface area contributed by atoms with Crippen LogP contribution in [0.25, 0.3) is 10.6 Å². The second kappa shape index (κ2) is 8.98. The van der Waals surface area contributed by atoms with Crippen molar-refractivity contribution in [3.05, 3.63) is 69.2 Å². The lowest BCUT2D eigenvalue weighted by Crippen LogP contribution is -2.21. The molecule has 3 aromatic rings. The summed E-state index contributed by atoms with van der Waals surface area (Å²) in [6.07, 6.45) is 0.649. The van der Waals surface area contributed by atoms with Crippen LogP contribution < -0.4 is 4.72 Å². The molecule has 1 aromatic heterocycles. The predicted octanol–water partition coefficient (Wildman–Crippen LogP) is 4.60. The molecule has 7 heteroatoms. The van der Waals surface area contributed by atoms with Gasteiger partial charge < -0.3 is 5.11 Å². The van der Waals surface area contributed by atoms with Crippen LogP contribution in [-0.4, -0.2) is 26.8 Å². The van der Waals surface area contributed by atoms with E-state index in [1.54, 1.807) is 24.3 Å². The highest BCUT2D eigenvalue weighted by atomic mass is 32.2. The summed E-state index contributed by atoms with van der Waals surface area (Å²) in [6, 6.07) is 11.6. The molecule has 29 heavy (non-hydrogen) atoms. The molecule has 0 spiro atoms. The summed E-state index contributed by atoms with van der Waals surface area (Å²) in [6.45, 7) is 8.18. The van der Waals surface area contributed by atoms with Gasteiger partial charge in [-0.25, -0.2) is 18.7 Å². The quantitative estimate of drug-likeness (QED) is 0.577. The van der Waals surface area contributed by atoms with Crippen molar-refractivity contribution >= 4 is 28.3 Å². The van der Waals surface area contributed by atoms with Crippen LogP contribution >= 0.6 is 11.3 Å². The van der Waals surface area contributed by atoms with Crippen LogP contribution in [0.4, 0.5) is 0 Å². The van der Waals surface area contributed by atoms with Crippen molar-refractivity contribution in [2.75, 3.05) is 6.54 Å². The lowest BCUT2D eigenvalue weighted by molar-refractivity contribution is 0.0695. The molecule has 152 valence electrons. The highest BCUT2D eigenvalue weighted by Gasteiger charge is 2.15. The zero-order chi connectivity index (χ0) is 21.1. The zero-order valence-electron chi connectivity index (χ0n) is 16.9. The number of thiazole rings is 1. The molecule has 0 radical (unpaired) electrons. The van der Waals surface area contributed by atoms with Crippen molar-refractivity contribution in [3.8, 4) is 10.6 Å². The average Bonchev–Trinajstić information content (AvgIpc) is 3.04. The Morgan fingerprint density at radius 3 is 2.48 bits per heavy atom. The molecule has 2 aromatic carbocycles. The largest absolute Gasteiger partial charge is 0.478 e. The molecule has 1 unspecified atom stereocenters. The van der Waals surface area contributed by atoms with Gasteiger partial charge >= 0.3 is 5.97 Å². The number of hydrogen-bond donors (Lipinski definition) is 2. The van der Waals surface area contributed by atoms with Gasteiger partial charge in [0.15, 0.2) is 0 Å². The molecule has 0 fully saturated rings.